The van der Waals surface area contributed by atoms with Crippen LogP contribution in [0.4, 0.5) is 11.4 Å². The van der Waals surface area contributed by atoms with E-state index in [1.54, 1.807) is 36.7 Å². The van der Waals surface area contributed by atoms with Gasteiger partial charge in [-0.15, -0.1) is 0 Å². The molecule has 2 saturated heterocycles. The minimum Gasteiger partial charge on any atom is -0.455 e. The van der Waals surface area contributed by atoms with E-state index in [2.05, 4.69) is 36.9 Å². The first kappa shape index (κ1) is 29.9. The molecule has 1 amide bonds. The molecular formula is C32H38N6O5S. The average Bonchev–Trinajstić information content (AvgIpc) is 3.49. The van der Waals surface area contributed by atoms with Crippen molar-refractivity contribution < 1.29 is 22.7 Å². The van der Waals surface area contributed by atoms with Crippen LogP contribution in [0.3, 0.4) is 0 Å². The van der Waals surface area contributed by atoms with Crippen molar-refractivity contribution in [2.45, 2.75) is 24.7 Å². The Bertz CT molecular complexity index is 1740. The van der Waals surface area contributed by atoms with E-state index in [9.17, 15) is 13.2 Å². The summed E-state index contributed by atoms with van der Waals surface area (Å²) in [5, 5.41) is 4.29. The second-order valence-corrected chi connectivity index (χ2v) is 13.2. The van der Waals surface area contributed by atoms with E-state index in [1.165, 1.54) is 6.07 Å². The van der Waals surface area contributed by atoms with E-state index >= 15 is 0 Å². The number of likely N-dealkylation sites (N-methyl/N-ethyl adjacent to an activating group) is 1. The van der Waals surface area contributed by atoms with Crippen LogP contribution in [0.15, 0.2) is 65.8 Å². The maximum absolute atomic E-state index is 13.5. The first-order valence-corrected chi connectivity index (χ1v) is 16.4. The first-order valence-electron chi connectivity index (χ1n) is 14.9. The van der Waals surface area contributed by atoms with Crippen LogP contribution in [0.5, 0.6) is 11.5 Å². The van der Waals surface area contributed by atoms with Crippen LogP contribution in [-0.2, 0) is 14.8 Å². The molecule has 12 heteroatoms. The molecule has 0 aliphatic carbocycles. The van der Waals surface area contributed by atoms with Gasteiger partial charge in [0.15, 0.2) is 0 Å². The Labute approximate surface area is 257 Å². The molecule has 4 heterocycles. The van der Waals surface area contributed by atoms with Gasteiger partial charge in [-0.2, -0.15) is 0 Å². The van der Waals surface area contributed by atoms with Gasteiger partial charge in [0.25, 0.3) is 15.9 Å². The summed E-state index contributed by atoms with van der Waals surface area (Å²) in [5.74, 6) is 0.421. The summed E-state index contributed by atoms with van der Waals surface area (Å²) < 4.78 is 40.7. The van der Waals surface area contributed by atoms with Gasteiger partial charge in [-0.25, -0.2) is 18.1 Å². The van der Waals surface area contributed by atoms with E-state index < -0.39 is 15.9 Å². The Morgan fingerprint density at radius 3 is 2.64 bits per heavy atom. The molecule has 0 radical (unpaired) electrons. The number of nitrogens with one attached hydrogen (secondary N) is 3. The molecule has 2 aliphatic heterocycles. The number of carbonyl (C=O) groups excluding carboxylic acids is 1. The summed E-state index contributed by atoms with van der Waals surface area (Å²) in [5.41, 5.74) is 3.35. The summed E-state index contributed by atoms with van der Waals surface area (Å²) in [6.45, 7) is 7.66. The van der Waals surface area contributed by atoms with Crippen molar-refractivity contribution in [2.75, 3.05) is 63.2 Å². The number of fused-ring (bicyclic) bond motifs is 1. The fourth-order valence-electron chi connectivity index (χ4n) is 5.59. The highest BCUT2D eigenvalue weighted by Crippen LogP contribution is 2.32. The normalized spacial score (nSPS) is 16.6. The number of pyridine rings is 1. The number of rotatable bonds is 9. The van der Waals surface area contributed by atoms with Crippen molar-refractivity contribution in [1.29, 1.82) is 0 Å². The number of piperazine rings is 1. The molecule has 3 N–H and O–H groups in total. The molecular weight excluding hydrogens is 580 g/mol. The van der Waals surface area contributed by atoms with Crippen molar-refractivity contribution in [3.05, 3.63) is 72.1 Å². The van der Waals surface area contributed by atoms with Gasteiger partial charge in [-0.1, -0.05) is 0 Å². The molecule has 232 valence electrons. The van der Waals surface area contributed by atoms with E-state index in [4.69, 9.17) is 9.47 Å². The van der Waals surface area contributed by atoms with E-state index in [0.29, 0.717) is 17.3 Å². The van der Waals surface area contributed by atoms with Crippen LogP contribution in [0, 0.1) is 12.8 Å². The number of benzene rings is 2. The molecule has 2 aromatic carbocycles. The van der Waals surface area contributed by atoms with Gasteiger partial charge in [0.05, 0.1) is 16.7 Å². The highest BCUT2D eigenvalue weighted by atomic mass is 32.2. The van der Waals surface area contributed by atoms with Crippen LogP contribution >= 0.6 is 0 Å². The van der Waals surface area contributed by atoms with Crippen LogP contribution in [0.1, 0.15) is 28.8 Å². The number of nitrogens with zero attached hydrogens (tertiary/aromatic N) is 3. The number of hydrogen-bond donors (Lipinski definition) is 3. The lowest BCUT2D eigenvalue weighted by atomic mass is 10.0. The molecule has 0 saturated carbocycles. The molecule has 0 bridgehead atoms. The fourth-order valence-corrected chi connectivity index (χ4v) is 6.64. The second kappa shape index (κ2) is 12.8. The third-order valence-electron chi connectivity index (χ3n) is 8.34. The standard InChI is InChI=1S/C32H38N6O5S/c1-22-17-27(4-6-29(22)34-20-23-8-15-42-16-9-23)44(40,41)36-32(39)28-5-3-25(38-13-11-37(2)12-14-38)19-30(28)43-26-18-24-7-10-33-31(24)35-21-26/h3-7,10,17-19,21,23,34H,8-9,11-16,20H2,1-2H3,(H,33,35)(H,36,39). The lowest BCUT2D eigenvalue weighted by Gasteiger charge is -2.34. The number of H-pyrrole nitrogens is 1. The third-order valence-corrected chi connectivity index (χ3v) is 9.67. The average molecular weight is 619 g/mol. The number of aromatic nitrogens is 2. The number of amides is 1. The first-order chi connectivity index (χ1) is 21.2. The smallest absolute Gasteiger partial charge is 0.268 e. The maximum atomic E-state index is 13.5. The van der Waals surface area contributed by atoms with Gasteiger partial charge in [0.2, 0.25) is 0 Å². The molecule has 0 unspecified atom stereocenters. The van der Waals surface area contributed by atoms with Gasteiger partial charge in [-0.3, -0.25) is 4.79 Å². The maximum Gasteiger partial charge on any atom is 0.268 e. The minimum atomic E-state index is -4.16. The largest absolute Gasteiger partial charge is 0.455 e. The molecule has 0 spiro atoms. The number of carbonyl (C=O) groups is 1. The molecule has 44 heavy (non-hydrogen) atoms. The number of anilines is 2. The second-order valence-electron chi connectivity index (χ2n) is 11.5. The van der Waals surface area contributed by atoms with Crippen molar-refractivity contribution in [1.82, 2.24) is 19.6 Å². The molecule has 2 aromatic heterocycles. The van der Waals surface area contributed by atoms with Crippen LogP contribution in [0.25, 0.3) is 11.0 Å². The lowest BCUT2D eigenvalue weighted by Crippen LogP contribution is -2.44. The number of aryl methyl sites for hydroxylation is 1. The zero-order valence-electron chi connectivity index (χ0n) is 25.0. The zero-order chi connectivity index (χ0) is 30.7. The molecule has 4 aromatic rings. The summed E-state index contributed by atoms with van der Waals surface area (Å²) >= 11 is 0. The van der Waals surface area contributed by atoms with Crippen molar-refractivity contribution in [3.8, 4) is 11.5 Å². The van der Waals surface area contributed by atoms with Crippen LogP contribution in [0.2, 0.25) is 0 Å². The molecule has 11 nitrogen and oxygen atoms in total. The van der Waals surface area contributed by atoms with Crippen LogP contribution in [-0.4, -0.2) is 82.2 Å². The number of sulfonamides is 1. The molecule has 2 fully saturated rings. The van der Waals surface area contributed by atoms with Gasteiger partial charge in [0.1, 0.15) is 17.1 Å². The van der Waals surface area contributed by atoms with E-state index in [0.717, 1.165) is 81.1 Å². The number of hydrogen-bond acceptors (Lipinski definition) is 9. The fraction of sp³-hybridized carbons (Fsp3) is 0.375. The van der Waals surface area contributed by atoms with Crippen molar-refractivity contribution in [3.63, 3.8) is 0 Å². The Balaban J connectivity index is 1.22. The predicted octanol–water partition coefficient (Wildman–Crippen LogP) is 4.37. The monoisotopic (exact) mass is 618 g/mol. The van der Waals surface area contributed by atoms with Crippen molar-refractivity contribution >= 4 is 38.3 Å². The zero-order valence-corrected chi connectivity index (χ0v) is 25.8. The molecule has 0 atom stereocenters. The lowest BCUT2D eigenvalue weighted by molar-refractivity contribution is 0.0699. The van der Waals surface area contributed by atoms with Gasteiger partial charge >= 0.3 is 0 Å². The molecule has 6 rings (SSSR count). The number of aromatic amines is 1. The predicted molar refractivity (Wildman–Crippen MR) is 170 cm³/mol. The third kappa shape index (κ3) is 6.82. The summed E-state index contributed by atoms with van der Waals surface area (Å²) in [6, 6.07) is 13.8. The Kier molecular flexibility index (Phi) is 8.74. The van der Waals surface area contributed by atoms with E-state index in [-0.39, 0.29) is 16.2 Å². The minimum absolute atomic E-state index is 0.0126. The molecule has 2 aliphatic rings. The highest BCUT2D eigenvalue weighted by molar-refractivity contribution is 7.90. The SMILES string of the molecule is Cc1cc(S(=O)(=O)NC(=O)c2ccc(N3CCN(C)CC3)cc2Oc2cnc3[nH]ccc3c2)ccc1NCC1CCOCC1. The van der Waals surface area contributed by atoms with Crippen LogP contribution < -0.4 is 19.7 Å². The highest BCUT2D eigenvalue weighted by Gasteiger charge is 2.24. The Morgan fingerprint density at radius 2 is 1.86 bits per heavy atom. The summed E-state index contributed by atoms with van der Waals surface area (Å²) in [4.78, 5) is 25.5. The van der Waals surface area contributed by atoms with Gasteiger partial charge in [0, 0.05) is 75.0 Å². The topological polar surface area (TPSA) is 129 Å². The van der Waals surface area contributed by atoms with Gasteiger partial charge in [-0.05, 0) is 80.8 Å². The van der Waals surface area contributed by atoms with E-state index in [1.807, 2.05) is 25.1 Å². The van der Waals surface area contributed by atoms with Gasteiger partial charge < -0.3 is 29.6 Å². The quantitative estimate of drug-likeness (QED) is 0.250. The Hall–Kier alpha value is -4.13. The summed E-state index contributed by atoms with van der Waals surface area (Å²) in [6.07, 6.45) is 5.36. The number of ether oxygens (including phenoxy) is 2. The van der Waals surface area contributed by atoms with Crippen molar-refractivity contribution in [2.24, 2.45) is 5.92 Å². The summed E-state index contributed by atoms with van der Waals surface area (Å²) in [7, 11) is -2.08. The Morgan fingerprint density at radius 1 is 1.07 bits per heavy atom.